The van der Waals surface area contributed by atoms with E-state index < -0.39 is 15.8 Å². The van der Waals surface area contributed by atoms with Gasteiger partial charge < -0.3 is 9.73 Å². The van der Waals surface area contributed by atoms with E-state index in [2.05, 4.69) is 19.2 Å². The van der Waals surface area contributed by atoms with Crippen LogP contribution in [0.5, 0.6) is 0 Å². The van der Waals surface area contributed by atoms with Gasteiger partial charge in [-0.25, -0.2) is 13.2 Å². The van der Waals surface area contributed by atoms with Crippen molar-refractivity contribution in [3.8, 4) is 0 Å². The lowest BCUT2D eigenvalue weighted by atomic mass is 10.0. The molecule has 1 N–H and O–H groups in total. The van der Waals surface area contributed by atoms with Crippen molar-refractivity contribution < 1.29 is 17.6 Å². The third-order valence-corrected chi connectivity index (χ3v) is 7.66. The number of anilines is 1. The van der Waals surface area contributed by atoms with Crippen LogP contribution < -0.4 is 11.1 Å². The molecule has 0 spiro atoms. The number of sulfonamides is 1. The smallest absolute Gasteiger partial charge is 0.408 e. The van der Waals surface area contributed by atoms with Crippen LogP contribution in [-0.2, 0) is 21.4 Å². The monoisotopic (exact) mass is 457 g/mol. The second-order valence-corrected chi connectivity index (χ2v) is 10.2. The number of hydrogen-bond donors (Lipinski definition) is 1. The highest BCUT2D eigenvalue weighted by Crippen LogP contribution is 2.25. The summed E-state index contributed by atoms with van der Waals surface area (Å²) < 4.78 is 33.7. The molecule has 1 saturated heterocycles. The molecule has 0 aliphatic carbocycles. The van der Waals surface area contributed by atoms with Gasteiger partial charge in [-0.2, -0.15) is 4.31 Å². The number of benzene rings is 2. The van der Waals surface area contributed by atoms with Crippen molar-refractivity contribution in [2.75, 3.05) is 18.4 Å². The fraction of sp³-hybridized carbons (Fsp3) is 0.391. The Balaban J connectivity index is 1.51. The number of amides is 1. The highest BCUT2D eigenvalue weighted by Gasteiger charge is 2.28. The van der Waals surface area contributed by atoms with Crippen molar-refractivity contribution in [2.24, 2.45) is 0 Å². The van der Waals surface area contributed by atoms with Gasteiger partial charge in [-0.15, -0.1) is 0 Å². The number of rotatable bonds is 7. The Kier molecular flexibility index (Phi) is 6.21. The van der Waals surface area contributed by atoms with E-state index in [1.54, 1.807) is 6.07 Å². The molecule has 0 unspecified atom stereocenters. The molecule has 1 aliphatic rings. The van der Waals surface area contributed by atoms with Crippen LogP contribution in [0.1, 0.15) is 44.6 Å². The van der Waals surface area contributed by atoms with E-state index >= 15 is 0 Å². The number of aryl methyl sites for hydroxylation is 1. The summed E-state index contributed by atoms with van der Waals surface area (Å²) in [6.07, 6.45) is 1.77. The number of nitrogens with one attached hydrogen (secondary N) is 1. The summed E-state index contributed by atoms with van der Waals surface area (Å²) in [7, 11) is -3.61. The molecule has 1 aromatic heterocycles. The lowest BCUT2D eigenvalue weighted by Gasteiger charge is -2.15. The van der Waals surface area contributed by atoms with Crippen molar-refractivity contribution >= 4 is 32.7 Å². The van der Waals surface area contributed by atoms with Crippen LogP contribution in [0.2, 0.25) is 0 Å². The normalized spacial score (nSPS) is 15.0. The maximum absolute atomic E-state index is 12.8. The van der Waals surface area contributed by atoms with Gasteiger partial charge in [0.05, 0.1) is 10.4 Å². The van der Waals surface area contributed by atoms with E-state index in [0.29, 0.717) is 18.6 Å². The van der Waals surface area contributed by atoms with Gasteiger partial charge in [-0.1, -0.05) is 32.0 Å². The molecule has 0 radical (unpaired) electrons. The molecule has 2 heterocycles. The van der Waals surface area contributed by atoms with Crippen LogP contribution in [0.15, 0.2) is 56.6 Å². The molecule has 8 nitrogen and oxygen atoms in total. The first-order valence-electron chi connectivity index (χ1n) is 10.8. The van der Waals surface area contributed by atoms with Gasteiger partial charge in [-0.05, 0) is 42.5 Å². The first-order valence-corrected chi connectivity index (χ1v) is 12.2. The summed E-state index contributed by atoms with van der Waals surface area (Å²) in [5.74, 6) is -0.573. The molecule has 4 rings (SSSR count). The number of carbonyl (C=O) groups excluding carboxylic acids is 1. The van der Waals surface area contributed by atoms with Gasteiger partial charge in [-0.3, -0.25) is 9.36 Å². The quantitative estimate of drug-likeness (QED) is 0.585. The van der Waals surface area contributed by atoms with Gasteiger partial charge in [0.2, 0.25) is 15.9 Å². The van der Waals surface area contributed by atoms with Gasteiger partial charge in [0.1, 0.15) is 0 Å². The predicted octanol–water partition coefficient (Wildman–Crippen LogP) is 3.53. The Hall–Kier alpha value is -2.91. The van der Waals surface area contributed by atoms with Crippen LogP contribution >= 0.6 is 0 Å². The highest BCUT2D eigenvalue weighted by molar-refractivity contribution is 7.89. The molecule has 0 bridgehead atoms. The molecule has 32 heavy (non-hydrogen) atoms. The average molecular weight is 458 g/mol. The zero-order chi connectivity index (χ0) is 22.9. The summed E-state index contributed by atoms with van der Waals surface area (Å²) in [6.45, 7) is 5.24. The SMILES string of the molecule is CC(C)c1ccccc1NC(=O)CCn1c(=O)oc2cc(S(=O)(=O)N3CCCC3)ccc21. The zero-order valence-electron chi connectivity index (χ0n) is 18.2. The standard InChI is InChI=1S/C23H27N3O5S/c1-16(2)18-7-3-4-8-19(18)24-22(27)11-14-26-20-10-9-17(15-21(20)31-23(26)28)32(29,30)25-12-5-6-13-25/h3-4,7-10,15-16H,5-6,11-14H2,1-2H3,(H,24,27). The molecule has 170 valence electrons. The maximum atomic E-state index is 12.8. The summed E-state index contributed by atoms with van der Waals surface area (Å²) in [4.78, 5) is 25.0. The minimum atomic E-state index is -3.61. The maximum Gasteiger partial charge on any atom is 0.419 e. The Labute approximate surface area is 186 Å². The topological polar surface area (TPSA) is 102 Å². The zero-order valence-corrected chi connectivity index (χ0v) is 19.0. The van der Waals surface area contributed by atoms with Crippen molar-refractivity contribution in [1.82, 2.24) is 8.87 Å². The molecule has 1 aliphatic heterocycles. The predicted molar refractivity (Wildman–Crippen MR) is 122 cm³/mol. The van der Waals surface area contributed by atoms with E-state index in [-0.39, 0.29) is 35.3 Å². The van der Waals surface area contributed by atoms with Crippen molar-refractivity contribution in [2.45, 2.75) is 50.5 Å². The molecule has 1 amide bonds. The minimum absolute atomic E-state index is 0.0782. The van der Waals surface area contributed by atoms with E-state index in [1.165, 1.54) is 21.0 Å². The van der Waals surface area contributed by atoms with Gasteiger partial charge in [0.25, 0.3) is 0 Å². The fourth-order valence-electron chi connectivity index (χ4n) is 4.04. The van der Waals surface area contributed by atoms with E-state index in [1.807, 2.05) is 24.3 Å². The van der Waals surface area contributed by atoms with Crippen LogP contribution in [0.25, 0.3) is 11.1 Å². The molecule has 9 heteroatoms. The molecular formula is C23H27N3O5S. The molecule has 0 atom stereocenters. The third-order valence-electron chi connectivity index (χ3n) is 5.76. The second kappa shape index (κ2) is 8.91. The van der Waals surface area contributed by atoms with Gasteiger partial charge >= 0.3 is 5.76 Å². The number of hydrogen-bond acceptors (Lipinski definition) is 5. The highest BCUT2D eigenvalue weighted by atomic mass is 32.2. The number of aromatic nitrogens is 1. The average Bonchev–Trinajstić information content (AvgIpc) is 3.40. The Morgan fingerprint density at radius 3 is 2.56 bits per heavy atom. The minimum Gasteiger partial charge on any atom is -0.408 e. The number of nitrogens with zero attached hydrogens (tertiary/aromatic N) is 2. The summed E-state index contributed by atoms with van der Waals surface area (Å²) in [6, 6.07) is 12.1. The van der Waals surface area contributed by atoms with Crippen LogP contribution in [0, 0.1) is 0 Å². The number of oxazole rings is 1. The first kappa shape index (κ1) is 22.3. The molecule has 0 saturated carbocycles. The van der Waals surface area contributed by atoms with E-state index in [0.717, 1.165) is 24.1 Å². The fourth-order valence-corrected chi connectivity index (χ4v) is 5.57. The van der Waals surface area contributed by atoms with Crippen molar-refractivity contribution in [3.63, 3.8) is 0 Å². The molecule has 2 aromatic carbocycles. The van der Waals surface area contributed by atoms with Crippen LogP contribution in [-0.4, -0.2) is 36.3 Å². The lowest BCUT2D eigenvalue weighted by molar-refractivity contribution is -0.116. The summed E-state index contributed by atoms with van der Waals surface area (Å²) in [5, 5.41) is 2.91. The number of para-hydroxylation sites is 1. The third kappa shape index (κ3) is 4.35. The second-order valence-electron chi connectivity index (χ2n) is 8.30. The van der Waals surface area contributed by atoms with Crippen LogP contribution in [0.3, 0.4) is 0 Å². The summed E-state index contributed by atoms with van der Waals surface area (Å²) >= 11 is 0. The van der Waals surface area contributed by atoms with Crippen molar-refractivity contribution in [3.05, 3.63) is 58.6 Å². The summed E-state index contributed by atoms with van der Waals surface area (Å²) in [5.41, 5.74) is 2.46. The number of carbonyl (C=O) groups is 1. The Bertz CT molecular complexity index is 1300. The molecule has 1 fully saturated rings. The number of fused-ring (bicyclic) bond motifs is 1. The largest absolute Gasteiger partial charge is 0.419 e. The Morgan fingerprint density at radius 2 is 1.84 bits per heavy atom. The first-order chi connectivity index (χ1) is 15.3. The molecular weight excluding hydrogens is 430 g/mol. The van der Waals surface area contributed by atoms with Crippen molar-refractivity contribution in [1.29, 1.82) is 0 Å². The van der Waals surface area contributed by atoms with Crippen LogP contribution in [0.4, 0.5) is 5.69 Å². The Morgan fingerprint density at radius 1 is 1.12 bits per heavy atom. The molecule has 3 aromatic rings. The van der Waals surface area contributed by atoms with Gasteiger partial charge in [0.15, 0.2) is 5.58 Å². The van der Waals surface area contributed by atoms with E-state index in [9.17, 15) is 18.0 Å². The lowest BCUT2D eigenvalue weighted by Crippen LogP contribution is -2.27. The van der Waals surface area contributed by atoms with Gasteiger partial charge in [0, 0.05) is 37.8 Å². The van der Waals surface area contributed by atoms with E-state index in [4.69, 9.17) is 4.42 Å².